The maximum atomic E-state index is 12.6. The second-order valence-corrected chi connectivity index (χ2v) is 12.2. The number of likely N-dealkylation sites (tertiary alicyclic amines) is 1. The number of nitrogens with zero attached hydrogens (tertiary/aromatic N) is 2. The number of β-amino-alcohol motifs (C(OH)–C–C–N with tert-alkyl or cyclic N) is 1. The highest BCUT2D eigenvalue weighted by atomic mass is 16.6. The number of aliphatic hydroxyl groups is 2. The minimum Gasteiger partial charge on any atom is -0.467 e. The zero-order valence-corrected chi connectivity index (χ0v) is 21.9. The van der Waals surface area contributed by atoms with Gasteiger partial charge in [-0.3, -0.25) is 4.79 Å². The first-order valence-corrected chi connectivity index (χ1v) is 13.4. The van der Waals surface area contributed by atoms with Crippen LogP contribution in [0.2, 0.25) is 0 Å². The summed E-state index contributed by atoms with van der Waals surface area (Å²) >= 11 is 0. The molecule has 4 aliphatic carbocycles. The number of oxime groups is 1. The van der Waals surface area contributed by atoms with Gasteiger partial charge in [-0.05, 0) is 80.8 Å². The van der Waals surface area contributed by atoms with E-state index in [1.165, 1.54) is 17.6 Å². The molecule has 2 unspecified atom stereocenters. The Bertz CT molecular complexity index is 1020. The second-order valence-electron chi connectivity index (χ2n) is 12.2. The van der Waals surface area contributed by atoms with Gasteiger partial charge in [-0.15, -0.1) is 0 Å². The summed E-state index contributed by atoms with van der Waals surface area (Å²) in [7, 11) is 1.27. The molecule has 1 aliphatic heterocycles. The number of esters is 1. The molecule has 1 saturated heterocycles. The van der Waals surface area contributed by atoms with E-state index < -0.39 is 29.6 Å². The topological polar surface area (TPSA) is 109 Å². The lowest BCUT2D eigenvalue weighted by Crippen LogP contribution is -2.53. The summed E-state index contributed by atoms with van der Waals surface area (Å²) in [6.07, 6.45) is 12.1. The van der Waals surface area contributed by atoms with Crippen LogP contribution in [0.25, 0.3) is 0 Å². The van der Waals surface area contributed by atoms with Crippen LogP contribution in [0.3, 0.4) is 0 Å². The van der Waals surface area contributed by atoms with Gasteiger partial charge >= 0.3 is 5.97 Å². The zero-order chi connectivity index (χ0) is 25.9. The monoisotopic (exact) mass is 500 g/mol. The molecule has 3 saturated carbocycles. The molecule has 4 fully saturated rings. The van der Waals surface area contributed by atoms with Crippen LogP contribution in [0.4, 0.5) is 0 Å². The van der Waals surface area contributed by atoms with E-state index in [2.05, 4.69) is 31.2 Å². The third-order valence-electron chi connectivity index (χ3n) is 10.6. The average Bonchev–Trinajstić information content (AvgIpc) is 3.35. The lowest BCUT2D eigenvalue weighted by atomic mass is 9.47. The summed E-state index contributed by atoms with van der Waals surface area (Å²) < 4.78 is 4.76. The van der Waals surface area contributed by atoms with Crippen molar-refractivity contribution in [3.63, 3.8) is 0 Å². The van der Waals surface area contributed by atoms with Crippen molar-refractivity contribution in [2.24, 2.45) is 33.7 Å². The molecule has 0 aromatic heterocycles. The Morgan fingerprint density at radius 3 is 2.67 bits per heavy atom. The Morgan fingerprint density at radius 2 is 1.92 bits per heavy atom. The van der Waals surface area contributed by atoms with Gasteiger partial charge in [0.2, 0.25) is 0 Å². The van der Waals surface area contributed by atoms with Crippen LogP contribution in [0, 0.1) is 28.6 Å². The molecule has 8 nitrogen and oxygen atoms in total. The highest BCUT2D eigenvalue weighted by Gasteiger charge is 2.62. The minimum absolute atomic E-state index is 0.00931. The molecule has 8 heteroatoms. The molecule has 0 spiro atoms. The van der Waals surface area contributed by atoms with E-state index in [0.717, 1.165) is 38.5 Å². The van der Waals surface area contributed by atoms with Gasteiger partial charge < -0.3 is 24.7 Å². The molecule has 0 aromatic rings. The first kappa shape index (κ1) is 25.5. The molecule has 1 amide bonds. The molecule has 5 aliphatic rings. The van der Waals surface area contributed by atoms with Crippen LogP contribution < -0.4 is 0 Å². The average molecular weight is 501 g/mol. The number of allylic oxidation sites excluding steroid dienone is 4. The maximum absolute atomic E-state index is 12.6. The highest BCUT2D eigenvalue weighted by Crippen LogP contribution is 2.66. The predicted octanol–water partition coefficient (Wildman–Crippen LogP) is 2.98. The normalized spacial score (nSPS) is 44.5. The first-order chi connectivity index (χ1) is 17.0. The molecular formula is C28H40N2O6. The molecule has 36 heavy (non-hydrogen) atoms. The summed E-state index contributed by atoms with van der Waals surface area (Å²) in [5.74, 6) is 0.810. The van der Waals surface area contributed by atoms with Crippen molar-refractivity contribution in [3.05, 3.63) is 23.8 Å². The summed E-state index contributed by atoms with van der Waals surface area (Å²) in [6.45, 7) is 6.47. The standard InChI is InChI=1S/C28H40N2O6/c1-26-10-7-18(29-36-16-24(32)30-15-19(31)14-23(30)25(33)35-4)13-17(26)5-6-20-21(26)8-11-27(2)22(20)9-12-28(27,3)34/h7,10,13,19-23,31,34H,5-6,8-9,11-12,14-16H2,1-4H3/b29-18+/t19?,20-,21+,22+,23?,26+,27+,28+/m1/s1. The molecule has 8 atom stereocenters. The molecule has 0 radical (unpaired) electrons. The van der Waals surface area contributed by atoms with Crippen molar-refractivity contribution >= 4 is 17.6 Å². The molecule has 198 valence electrons. The van der Waals surface area contributed by atoms with E-state index >= 15 is 0 Å². The summed E-state index contributed by atoms with van der Waals surface area (Å²) in [6, 6.07) is -0.790. The highest BCUT2D eigenvalue weighted by molar-refractivity contribution is 6.05. The van der Waals surface area contributed by atoms with Gasteiger partial charge in [-0.2, -0.15) is 0 Å². The third-order valence-corrected chi connectivity index (χ3v) is 10.6. The number of fused-ring (bicyclic) bond motifs is 5. The Balaban J connectivity index is 1.24. The lowest BCUT2D eigenvalue weighted by Gasteiger charge is -2.58. The van der Waals surface area contributed by atoms with Crippen molar-refractivity contribution in [3.8, 4) is 0 Å². The molecular weight excluding hydrogens is 460 g/mol. The van der Waals surface area contributed by atoms with Crippen molar-refractivity contribution in [2.75, 3.05) is 20.3 Å². The van der Waals surface area contributed by atoms with E-state index in [9.17, 15) is 19.8 Å². The van der Waals surface area contributed by atoms with Gasteiger partial charge in [0.1, 0.15) is 11.8 Å². The Morgan fingerprint density at radius 1 is 1.17 bits per heavy atom. The van der Waals surface area contributed by atoms with E-state index in [4.69, 9.17) is 9.57 Å². The number of methoxy groups -OCH3 is 1. The number of carbonyl (C=O) groups is 2. The quantitative estimate of drug-likeness (QED) is 0.454. The first-order valence-electron chi connectivity index (χ1n) is 13.4. The lowest BCUT2D eigenvalue weighted by molar-refractivity contribution is -0.152. The van der Waals surface area contributed by atoms with Gasteiger partial charge in [0.05, 0.1) is 18.8 Å². The number of rotatable bonds is 4. The van der Waals surface area contributed by atoms with Crippen LogP contribution in [-0.4, -0.2) is 70.7 Å². The van der Waals surface area contributed by atoms with Gasteiger partial charge in [0.15, 0.2) is 6.61 Å². The molecule has 0 bridgehead atoms. The molecule has 2 N–H and O–H groups in total. The smallest absolute Gasteiger partial charge is 0.328 e. The SMILES string of the molecule is COC(=O)C1CC(O)CN1C(=O)CO/N=C1\C=C[C@@]2(C)C(=C1)CC[C@@H]1[C@@H]2CC[C@@]2(C)[C@H]1CC[C@]2(C)O. The maximum Gasteiger partial charge on any atom is 0.328 e. The van der Waals surface area contributed by atoms with Crippen LogP contribution in [0.1, 0.15) is 65.7 Å². The second kappa shape index (κ2) is 8.98. The van der Waals surface area contributed by atoms with E-state index in [-0.39, 0.29) is 30.4 Å². The van der Waals surface area contributed by atoms with Crippen molar-refractivity contribution in [2.45, 2.75) is 83.5 Å². The fourth-order valence-electron chi connectivity index (χ4n) is 8.20. The van der Waals surface area contributed by atoms with Gasteiger partial charge in [-0.1, -0.05) is 30.7 Å². The number of hydrogen-bond donors (Lipinski definition) is 2. The number of aliphatic hydroxyl groups excluding tert-OH is 1. The van der Waals surface area contributed by atoms with Crippen molar-refractivity contribution in [1.29, 1.82) is 0 Å². The summed E-state index contributed by atoms with van der Waals surface area (Å²) in [4.78, 5) is 31.3. The number of carbonyl (C=O) groups excluding carboxylic acids is 2. The van der Waals surface area contributed by atoms with Crippen molar-refractivity contribution < 1.29 is 29.4 Å². The fraction of sp³-hybridized carbons (Fsp3) is 0.750. The van der Waals surface area contributed by atoms with Gasteiger partial charge in [0, 0.05) is 18.4 Å². The zero-order valence-electron chi connectivity index (χ0n) is 21.9. The summed E-state index contributed by atoms with van der Waals surface area (Å²) in [5.41, 5.74) is 1.47. The van der Waals surface area contributed by atoms with Crippen LogP contribution >= 0.6 is 0 Å². The third kappa shape index (κ3) is 3.92. The van der Waals surface area contributed by atoms with Crippen LogP contribution in [0.5, 0.6) is 0 Å². The minimum atomic E-state index is -0.790. The largest absolute Gasteiger partial charge is 0.467 e. The molecule has 5 rings (SSSR count). The molecule has 1 heterocycles. The van der Waals surface area contributed by atoms with Gasteiger partial charge in [0.25, 0.3) is 5.91 Å². The van der Waals surface area contributed by atoms with Crippen LogP contribution in [-0.2, 0) is 19.2 Å². The molecule has 0 aromatic carbocycles. The van der Waals surface area contributed by atoms with E-state index in [1.54, 1.807) is 0 Å². The summed E-state index contributed by atoms with van der Waals surface area (Å²) in [5, 5.41) is 25.2. The van der Waals surface area contributed by atoms with Crippen molar-refractivity contribution in [1.82, 2.24) is 4.90 Å². The number of amides is 1. The van der Waals surface area contributed by atoms with E-state index in [0.29, 0.717) is 23.5 Å². The van der Waals surface area contributed by atoms with E-state index in [1.807, 2.05) is 13.0 Å². The Labute approximate surface area is 213 Å². The predicted molar refractivity (Wildman–Crippen MR) is 134 cm³/mol. The van der Waals surface area contributed by atoms with Crippen LogP contribution in [0.15, 0.2) is 29.0 Å². The Hall–Kier alpha value is -2.19. The number of ether oxygens (including phenoxy) is 1. The fourth-order valence-corrected chi connectivity index (χ4v) is 8.20. The number of hydrogen-bond acceptors (Lipinski definition) is 7. The Kier molecular flexibility index (Phi) is 6.35. The van der Waals surface area contributed by atoms with Gasteiger partial charge in [-0.25, -0.2) is 4.79 Å².